The van der Waals surface area contributed by atoms with Crippen LogP contribution in [-0.4, -0.2) is 27.9 Å². The molecule has 2 aromatic carbocycles. The molecule has 164 valence electrons. The summed E-state index contributed by atoms with van der Waals surface area (Å²) in [6.45, 7) is 1.77. The summed E-state index contributed by atoms with van der Waals surface area (Å²) >= 11 is 1.40. The number of esters is 1. The number of hydrogen-bond donors (Lipinski definition) is 2. The normalized spacial score (nSPS) is 13.0. The van der Waals surface area contributed by atoms with Crippen LogP contribution in [0.25, 0.3) is 21.5 Å². The molecule has 8 heteroatoms. The van der Waals surface area contributed by atoms with E-state index in [1.807, 2.05) is 18.2 Å². The maximum absolute atomic E-state index is 13.0. The number of aryl methyl sites for hydroxylation is 1. The van der Waals surface area contributed by atoms with Gasteiger partial charge >= 0.3 is 5.97 Å². The number of nitrogens with zero attached hydrogens (tertiary/aromatic N) is 2. The van der Waals surface area contributed by atoms with Crippen molar-refractivity contribution in [2.45, 2.75) is 32.3 Å². The van der Waals surface area contributed by atoms with Crippen molar-refractivity contribution >= 4 is 39.2 Å². The molecule has 2 heterocycles. The molecule has 0 aliphatic heterocycles. The predicted molar refractivity (Wildman–Crippen MR) is 126 cm³/mol. The lowest BCUT2D eigenvalue weighted by atomic mass is 9.90. The van der Waals surface area contributed by atoms with Crippen molar-refractivity contribution in [1.29, 1.82) is 5.26 Å². The first-order valence-electron chi connectivity index (χ1n) is 10.7. The van der Waals surface area contributed by atoms with Gasteiger partial charge in [-0.3, -0.25) is 4.79 Å². The maximum Gasteiger partial charge on any atom is 0.338 e. The highest BCUT2D eigenvalue weighted by molar-refractivity contribution is 7.20. The number of ether oxygens (including phenoxy) is 1. The van der Waals surface area contributed by atoms with Crippen molar-refractivity contribution in [2.75, 3.05) is 5.32 Å². The number of rotatable bonds is 5. The van der Waals surface area contributed by atoms with E-state index in [1.165, 1.54) is 16.9 Å². The lowest BCUT2D eigenvalue weighted by Gasteiger charge is -2.16. The molecule has 0 saturated carbocycles. The van der Waals surface area contributed by atoms with Gasteiger partial charge in [-0.15, -0.1) is 11.3 Å². The van der Waals surface area contributed by atoms with E-state index in [9.17, 15) is 14.9 Å². The van der Waals surface area contributed by atoms with E-state index in [0.717, 1.165) is 34.4 Å². The number of anilines is 1. The fraction of sp³-hybridized carbons (Fsp3) is 0.200. The number of carbonyl (C=O) groups is 2. The number of H-pyrrole nitrogens is 1. The molecule has 0 fully saturated rings. The van der Waals surface area contributed by atoms with Gasteiger partial charge in [0.15, 0.2) is 6.10 Å². The Morgan fingerprint density at radius 3 is 2.94 bits per heavy atom. The Morgan fingerprint density at radius 1 is 1.27 bits per heavy atom. The van der Waals surface area contributed by atoms with Crippen molar-refractivity contribution in [1.82, 2.24) is 9.97 Å². The van der Waals surface area contributed by atoms with Crippen molar-refractivity contribution in [3.63, 3.8) is 0 Å². The molecule has 0 radical (unpaired) electrons. The Kier molecular flexibility index (Phi) is 5.40. The number of nitriles is 1. The molecular weight excluding hydrogens is 436 g/mol. The Morgan fingerprint density at radius 2 is 2.12 bits per heavy atom. The zero-order chi connectivity index (χ0) is 22.9. The van der Waals surface area contributed by atoms with E-state index in [-0.39, 0.29) is 0 Å². The van der Waals surface area contributed by atoms with Gasteiger partial charge in [-0.05, 0) is 54.2 Å². The average molecular weight is 457 g/mol. The number of aromatic nitrogens is 2. The van der Waals surface area contributed by atoms with E-state index in [0.29, 0.717) is 28.1 Å². The third-order valence-electron chi connectivity index (χ3n) is 5.83. The highest BCUT2D eigenvalue weighted by atomic mass is 32.1. The number of imidazole rings is 1. The Bertz CT molecular complexity index is 1430. The van der Waals surface area contributed by atoms with E-state index < -0.39 is 18.0 Å². The van der Waals surface area contributed by atoms with Crippen LogP contribution in [0.5, 0.6) is 0 Å². The van der Waals surface area contributed by atoms with Gasteiger partial charge in [0.2, 0.25) is 0 Å². The van der Waals surface area contributed by atoms with Gasteiger partial charge in [-0.1, -0.05) is 31.2 Å². The SMILES string of the molecule is CCC(OC(=O)c1ccc2nc[nH]c2c1)C(=O)Nc1sc2c(c1C#N)CCc1ccccc1-2. The van der Waals surface area contributed by atoms with Crippen molar-refractivity contribution < 1.29 is 14.3 Å². The molecule has 1 aliphatic rings. The van der Waals surface area contributed by atoms with Crippen LogP contribution in [0.2, 0.25) is 0 Å². The standard InChI is InChI=1S/C25H20N4O3S/c1-2-21(32-25(31)15-8-10-19-20(11-15)28-13-27-19)23(30)29-24-18(12-26)17-9-7-14-5-3-4-6-16(14)22(17)33-24/h3-6,8,10-11,13,21H,2,7,9H2,1H3,(H,27,28)(H,29,30). The van der Waals surface area contributed by atoms with E-state index in [1.54, 1.807) is 31.5 Å². The molecule has 2 aromatic heterocycles. The van der Waals surface area contributed by atoms with Gasteiger partial charge in [-0.25, -0.2) is 9.78 Å². The molecule has 7 nitrogen and oxygen atoms in total. The minimum atomic E-state index is -0.979. The fourth-order valence-electron chi connectivity index (χ4n) is 4.12. The van der Waals surface area contributed by atoms with E-state index in [4.69, 9.17) is 4.74 Å². The molecule has 1 amide bonds. The third kappa shape index (κ3) is 3.77. The lowest BCUT2D eigenvalue weighted by molar-refractivity contribution is -0.124. The smallest absolute Gasteiger partial charge is 0.338 e. The second-order valence-electron chi connectivity index (χ2n) is 7.81. The van der Waals surface area contributed by atoms with Crippen LogP contribution in [0.4, 0.5) is 5.00 Å². The van der Waals surface area contributed by atoms with Gasteiger partial charge in [0, 0.05) is 4.88 Å². The van der Waals surface area contributed by atoms with Crippen molar-refractivity contribution in [3.05, 3.63) is 71.0 Å². The first-order valence-corrected chi connectivity index (χ1v) is 11.5. The molecule has 1 aliphatic carbocycles. The average Bonchev–Trinajstić information content (AvgIpc) is 3.45. The zero-order valence-electron chi connectivity index (χ0n) is 17.8. The third-order valence-corrected chi connectivity index (χ3v) is 7.01. The van der Waals surface area contributed by atoms with Crippen LogP contribution in [-0.2, 0) is 22.4 Å². The Labute approximate surface area is 194 Å². The first kappa shape index (κ1) is 20.9. The number of fused-ring (bicyclic) bond motifs is 4. The Hall–Kier alpha value is -3.96. The predicted octanol–water partition coefficient (Wildman–Crippen LogP) is 4.84. The summed E-state index contributed by atoms with van der Waals surface area (Å²) in [6, 6.07) is 15.4. The van der Waals surface area contributed by atoms with Gasteiger partial charge in [-0.2, -0.15) is 5.26 Å². The van der Waals surface area contributed by atoms with Gasteiger partial charge in [0.1, 0.15) is 11.1 Å². The second-order valence-corrected chi connectivity index (χ2v) is 8.83. The molecule has 1 unspecified atom stereocenters. The maximum atomic E-state index is 13.0. The number of aromatic amines is 1. The van der Waals surface area contributed by atoms with Crippen LogP contribution in [0, 0.1) is 11.3 Å². The summed E-state index contributed by atoms with van der Waals surface area (Å²) in [4.78, 5) is 33.8. The zero-order valence-corrected chi connectivity index (χ0v) is 18.7. The number of hydrogen-bond acceptors (Lipinski definition) is 6. The summed E-state index contributed by atoms with van der Waals surface area (Å²) in [7, 11) is 0. The molecule has 0 saturated heterocycles. The fourth-order valence-corrected chi connectivity index (χ4v) is 5.38. The van der Waals surface area contributed by atoms with E-state index in [2.05, 4.69) is 27.4 Å². The minimum Gasteiger partial charge on any atom is -0.449 e. The highest BCUT2D eigenvalue weighted by Gasteiger charge is 2.28. The topological polar surface area (TPSA) is 108 Å². The molecule has 4 aromatic rings. The summed E-state index contributed by atoms with van der Waals surface area (Å²) < 4.78 is 5.51. The first-order chi connectivity index (χ1) is 16.1. The monoisotopic (exact) mass is 456 g/mol. The molecule has 1 atom stereocenters. The highest BCUT2D eigenvalue weighted by Crippen LogP contribution is 2.44. The number of amides is 1. The summed E-state index contributed by atoms with van der Waals surface area (Å²) in [5.74, 6) is -1.04. The van der Waals surface area contributed by atoms with Crippen molar-refractivity contribution in [2.24, 2.45) is 0 Å². The molecule has 33 heavy (non-hydrogen) atoms. The molecule has 2 N–H and O–H groups in total. The lowest BCUT2D eigenvalue weighted by Crippen LogP contribution is -2.32. The molecule has 0 bridgehead atoms. The summed E-state index contributed by atoms with van der Waals surface area (Å²) in [5.41, 5.74) is 5.59. The largest absolute Gasteiger partial charge is 0.449 e. The van der Waals surface area contributed by atoms with Gasteiger partial charge < -0.3 is 15.0 Å². The summed E-state index contributed by atoms with van der Waals surface area (Å²) in [5, 5.41) is 13.1. The molecule has 0 spiro atoms. The van der Waals surface area contributed by atoms with Crippen LogP contribution < -0.4 is 5.32 Å². The quantitative estimate of drug-likeness (QED) is 0.418. The van der Waals surface area contributed by atoms with Crippen molar-refractivity contribution in [3.8, 4) is 16.5 Å². The van der Waals surface area contributed by atoms with Gasteiger partial charge in [0.05, 0.1) is 28.5 Å². The number of carbonyl (C=O) groups excluding carboxylic acids is 2. The number of benzene rings is 2. The molecule has 5 rings (SSSR count). The summed E-state index contributed by atoms with van der Waals surface area (Å²) in [6.07, 6.45) is 2.49. The van der Waals surface area contributed by atoms with Crippen LogP contribution in [0.15, 0.2) is 48.8 Å². The second kappa shape index (κ2) is 8.52. The van der Waals surface area contributed by atoms with E-state index >= 15 is 0 Å². The minimum absolute atomic E-state index is 0.305. The van der Waals surface area contributed by atoms with Crippen LogP contribution in [0.3, 0.4) is 0 Å². The Balaban J connectivity index is 1.37. The number of thiophene rings is 1. The molecular formula is C25H20N4O3S. The van der Waals surface area contributed by atoms with Crippen LogP contribution in [0.1, 0.15) is 40.4 Å². The van der Waals surface area contributed by atoms with Crippen LogP contribution >= 0.6 is 11.3 Å². The number of nitrogens with one attached hydrogen (secondary N) is 2. The van der Waals surface area contributed by atoms with Gasteiger partial charge in [0.25, 0.3) is 5.91 Å².